The summed E-state index contributed by atoms with van der Waals surface area (Å²) in [6, 6.07) is 16.6. The SMILES string of the molecule is O=C1CCc2cccc(NCc3ccccc3)c2C1. The van der Waals surface area contributed by atoms with Crippen LogP contribution < -0.4 is 5.32 Å². The maximum absolute atomic E-state index is 11.6. The predicted molar refractivity (Wildman–Crippen MR) is 77.2 cm³/mol. The van der Waals surface area contributed by atoms with Gasteiger partial charge in [0.05, 0.1) is 0 Å². The summed E-state index contributed by atoms with van der Waals surface area (Å²) in [6.07, 6.45) is 2.15. The van der Waals surface area contributed by atoms with E-state index in [1.165, 1.54) is 16.7 Å². The summed E-state index contributed by atoms with van der Waals surface area (Å²) in [5.74, 6) is 0.349. The van der Waals surface area contributed by atoms with E-state index in [0.29, 0.717) is 18.6 Å². The van der Waals surface area contributed by atoms with Crippen molar-refractivity contribution in [3.63, 3.8) is 0 Å². The molecular weight excluding hydrogens is 234 g/mol. The Hall–Kier alpha value is -2.09. The van der Waals surface area contributed by atoms with Crippen LogP contribution in [0.5, 0.6) is 0 Å². The van der Waals surface area contributed by atoms with Gasteiger partial charge in [-0.05, 0) is 29.2 Å². The fourth-order valence-corrected chi connectivity index (χ4v) is 2.60. The minimum Gasteiger partial charge on any atom is -0.381 e. The van der Waals surface area contributed by atoms with Crippen molar-refractivity contribution in [3.8, 4) is 0 Å². The highest BCUT2D eigenvalue weighted by Crippen LogP contribution is 2.26. The topological polar surface area (TPSA) is 29.1 Å². The van der Waals surface area contributed by atoms with Crippen molar-refractivity contribution in [2.45, 2.75) is 25.8 Å². The summed E-state index contributed by atoms with van der Waals surface area (Å²) in [5.41, 5.74) is 4.86. The van der Waals surface area contributed by atoms with Gasteiger partial charge < -0.3 is 5.32 Å². The van der Waals surface area contributed by atoms with Gasteiger partial charge in [-0.3, -0.25) is 4.79 Å². The number of anilines is 1. The van der Waals surface area contributed by atoms with Crippen LogP contribution in [0.4, 0.5) is 5.69 Å². The molecule has 0 atom stereocenters. The van der Waals surface area contributed by atoms with E-state index in [-0.39, 0.29) is 0 Å². The van der Waals surface area contributed by atoms with E-state index in [2.05, 4.69) is 35.6 Å². The van der Waals surface area contributed by atoms with E-state index in [9.17, 15) is 4.79 Å². The molecule has 0 bridgehead atoms. The Labute approximate surface area is 113 Å². The van der Waals surface area contributed by atoms with Crippen molar-refractivity contribution >= 4 is 11.5 Å². The van der Waals surface area contributed by atoms with Gasteiger partial charge in [0.2, 0.25) is 0 Å². The number of hydrogen-bond acceptors (Lipinski definition) is 2. The molecule has 0 saturated heterocycles. The molecule has 0 spiro atoms. The van der Waals surface area contributed by atoms with Crippen LogP contribution in [0.2, 0.25) is 0 Å². The van der Waals surface area contributed by atoms with E-state index in [4.69, 9.17) is 0 Å². The molecular formula is C17H17NO. The van der Waals surface area contributed by atoms with Crippen LogP contribution in [0.15, 0.2) is 48.5 Å². The lowest BCUT2D eigenvalue weighted by Crippen LogP contribution is -2.15. The fraction of sp³-hybridized carbons (Fsp3) is 0.235. The highest BCUT2D eigenvalue weighted by molar-refractivity contribution is 5.85. The molecule has 0 aliphatic heterocycles. The van der Waals surface area contributed by atoms with E-state index >= 15 is 0 Å². The summed E-state index contributed by atoms with van der Waals surface area (Å²) in [5, 5.41) is 3.46. The number of ketones is 1. The Bertz CT molecular complexity index is 589. The van der Waals surface area contributed by atoms with Crippen molar-refractivity contribution in [1.82, 2.24) is 0 Å². The monoisotopic (exact) mass is 251 g/mol. The zero-order valence-corrected chi connectivity index (χ0v) is 10.9. The zero-order valence-electron chi connectivity index (χ0n) is 10.9. The lowest BCUT2D eigenvalue weighted by atomic mass is 9.89. The molecule has 0 saturated carbocycles. The van der Waals surface area contributed by atoms with E-state index < -0.39 is 0 Å². The molecule has 0 radical (unpaired) electrons. The van der Waals surface area contributed by atoms with Gasteiger partial charge in [0.1, 0.15) is 5.78 Å². The van der Waals surface area contributed by atoms with Gasteiger partial charge in [-0.2, -0.15) is 0 Å². The Morgan fingerprint density at radius 2 is 1.79 bits per heavy atom. The highest BCUT2D eigenvalue weighted by Gasteiger charge is 2.17. The summed E-state index contributed by atoms with van der Waals surface area (Å²) < 4.78 is 0. The van der Waals surface area contributed by atoms with E-state index in [1.54, 1.807) is 0 Å². The quantitative estimate of drug-likeness (QED) is 0.906. The van der Waals surface area contributed by atoms with Crippen LogP contribution in [0.1, 0.15) is 23.1 Å². The van der Waals surface area contributed by atoms with Crippen LogP contribution in [0.25, 0.3) is 0 Å². The van der Waals surface area contributed by atoms with Crippen LogP contribution in [-0.4, -0.2) is 5.78 Å². The minimum atomic E-state index is 0.349. The average molecular weight is 251 g/mol. The highest BCUT2D eigenvalue weighted by atomic mass is 16.1. The molecule has 3 rings (SSSR count). The van der Waals surface area contributed by atoms with Gasteiger partial charge in [-0.25, -0.2) is 0 Å². The number of Topliss-reactive ketones (excluding diaryl/α,β-unsaturated/α-hetero) is 1. The van der Waals surface area contributed by atoms with Gasteiger partial charge in [0.15, 0.2) is 0 Å². The normalized spacial score (nSPS) is 14.0. The number of carbonyl (C=O) groups is 1. The van der Waals surface area contributed by atoms with E-state index in [0.717, 1.165) is 18.7 Å². The van der Waals surface area contributed by atoms with Crippen LogP contribution in [0.3, 0.4) is 0 Å². The number of rotatable bonds is 3. The number of hydrogen-bond donors (Lipinski definition) is 1. The smallest absolute Gasteiger partial charge is 0.137 e. The Balaban J connectivity index is 1.80. The number of carbonyl (C=O) groups excluding carboxylic acids is 1. The van der Waals surface area contributed by atoms with Crippen molar-refractivity contribution < 1.29 is 4.79 Å². The van der Waals surface area contributed by atoms with Crippen LogP contribution in [-0.2, 0) is 24.2 Å². The van der Waals surface area contributed by atoms with Crippen LogP contribution >= 0.6 is 0 Å². The first kappa shape index (κ1) is 12.0. The molecule has 2 aromatic rings. The number of aryl methyl sites for hydroxylation is 1. The molecule has 2 nitrogen and oxygen atoms in total. The Morgan fingerprint density at radius 1 is 0.947 bits per heavy atom. The van der Waals surface area contributed by atoms with Crippen molar-refractivity contribution in [1.29, 1.82) is 0 Å². The zero-order chi connectivity index (χ0) is 13.1. The van der Waals surface area contributed by atoms with Gasteiger partial charge in [0, 0.05) is 25.1 Å². The van der Waals surface area contributed by atoms with Crippen molar-refractivity contribution in [2.75, 3.05) is 5.32 Å². The maximum Gasteiger partial charge on any atom is 0.137 e. The molecule has 2 heteroatoms. The maximum atomic E-state index is 11.6. The first-order valence-electron chi connectivity index (χ1n) is 6.73. The Kier molecular flexibility index (Phi) is 3.32. The minimum absolute atomic E-state index is 0.349. The van der Waals surface area contributed by atoms with E-state index in [1.807, 2.05) is 18.2 Å². The predicted octanol–water partition coefficient (Wildman–Crippen LogP) is 3.36. The summed E-state index contributed by atoms with van der Waals surface area (Å²) in [4.78, 5) is 11.6. The molecule has 0 fully saturated rings. The third-order valence-corrected chi connectivity index (χ3v) is 3.65. The average Bonchev–Trinajstić information content (AvgIpc) is 2.46. The standard InChI is InChI=1S/C17H17NO/c19-15-10-9-14-7-4-8-17(16(14)11-15)18-12-13-5-2-1-3-6-13/h1-8,18H,9-12H2. The second kappa shape index (κ2) is 5.27. The number of benzene rings is 2. The molecule has 0 heterocycles. The van der Waals surface area contributed by atoms with Gasteiger partial charge in [-0.1, -0.05) is 42.5 Å². The van der Waals surface area contributed by atoms with Crippen LogP contribution in [0, 0.1) is 0 Å². The second-order valence-electron chi connectivity index (χ2n) is 5.00. The molecule has 0 unspecified atom stereocenters. The first-order chi connectivity index (χ1) is 9.33. The van der Waals surface area contributed by atoms with Gasteiger partial charge in [0.25, 0.3) is 0 Å². The van der Waals surface area contributed by atoms with Crippen molar-refractivity contribution in [2.24, 2.45) is 0 Å². The lowest BCUT2D eigenvalue weighted by molar-refractivity contribution is -0.118. The van der Waals surface area contributed by atoms with Crippen molar-refractivity contribution in [3.05, 3.63) is 65.2 Å². The molecule has 1 N–H and O–H groups in total. The summed E-state index contributed by atoms with van der Waals surface area (Å²) >= 11 is 0. The molecule has 0 amide bonds. The molecule has 1 aliphatic rings. The third kappa shape index (κ3) is 2.68. The first-order valence-corrected chi connectivity index (χ1v) is 6.73. The molecule has 19 heavy (non-hydrogen) atoms. The van der Waals surface area contributed by atoms with Gasteiger partial charge in [-0.15, -0.1) is 0 Å². The molecule has 96 valence electrons. The summed E-state index contributed by atoms with van der Waals surface area (Å²) in [6.45, 7) is 0.797. The fourth-order valence-electron chi connectivity index (χ4n) is 2.60. The lowest BCUT2D eigenvalue weighted by Gasteiger charge is -2.19. The Morgan fingerprint density at radius 3 is 2.63 bits per heavy atom. The second-order valence-corrected chi connectivity index (χ2v) is 5.00. The molecule has 0 aromatic heterocycles. The molecule has 2 aromatic carbocycles. The molecule has 1 aliphatic carbocycles. The number of nitrogens with one attached hydrogen (secondary N) is 1. The largest absolute Gasteiger partial charge is 0.381 e. The summed E-state index contributed by atoms with van der Waals surface area (Å²) in [7, 11) is 0. The van der Waals surface area contributed by atoms with Gasteiger partial charge >= 0.3 is 0 Å². The third-order valence-electron chi connectivity index (χ3n) is 3.65. The number of fused-ring (bicyclic) bond motifs is 1.